The van der Waals surface area contributed by atoms with Crippen molar-refractivity contribution in [2.24, 2.45) is 0 Å². The van der Waals surface area contributed by atoms with Crippen LogP contribution in [0.25, 0.3) is 0 Å². The van der Waals surface area contributed by atoms with Crippen LogP contribution >= 0.6 is 0 Å². The highest BCUT2D eigenvalue weighted by molar-refractivity contribution is 6.04. The number of carbonyl (C=O) groups is 2. The van der Waals surface area contributed by atoms with Crippen LogP contribution < -0.4 is 0 Å². The number of carbonyl (C=O) groups excluding carboxylic acids is 2. The first-order valence-electron chi connectivity index (χ1n) is 5.22. The van der Waals surface area contributed by atoms with Crippen molar-refractivity contribution in [1.29, 1.82) is 0 Å². The van der Waals surface area contributed by atoms with Crippen LogP contribution in [0.15, 0.2) is 42.6 Å². The summed E-state index contributed by atoms with van der Waals surface area (Å²) in [5.74, 6) is -0.573. The Balaban J connectivity index is 2.92. The number of rotatable bonds is 3. The van der Waals surface area contributed by atoms with Gasteiger partial charge < -0.3 is 0 Å². The first-order chi connectivity index (χ1) is 7.66. The lowest BCUT2D eigenvalue weighted by molar-refractivity contribution is -0.124. The summed E-state index contributed by atoms with van der Waals surface area (Å²) in [6, 6.07) is 8.76. The van der Waals surface area contributed by atoms with Gasteiger partial charge >= 0.3 is 0 Å². The van der Waals surface area contributed by atoms with Crippen molar-refractivity contribution in [2.45, 2.75) is 20.3 Å². The molecule has 0 heterocycles. The molecule has 0 radical (unpaired) electrons. The van der Waals surface area contributed by atoms with E-state index in [1.54, 1.807) is 30.3 Å². The molecule has 0 saturated heterocycles. The maximum absolute atomic E-state index is 11.9. The van der Waals surface area contributed by atoms with Crippen molar-refractivity contribution in [3.05, 3.63) is 48.2 Å². The first-order valence-corrected chi connectivity index (χ1v) is 5.22. The zero-order valence-corrected chi connectivity index (χ0v) is 9.51. The lowest BCUT2D eigenvalue weighted by atomic mass is 10.2. The van der Waals surface area contributed by atoms with Crippen molar-refractivity contribution in [2.75, 3.05) is 0 Å². The molecule has 3 heteroatoms. The zero-order valence-electron chi connectivity index (χ0n) is 9.51. The van der Waals surface area contributed by atoms with E-state index in [4.69, 9.17) is 0 Å². The van der Waals surface area contributed by atoms with E-state index in [9.17, 15) is 9.59 Å². The molecule has 1 aromatic rings. The van der Waals surface area contributed by atoms with E-state index in [0.717, 1.165) is 11.3 Å². The highest BCUT2D eigenvalue weighted by Gasteiger charge is 2.16. The minimum absolute atomic E-state index is 0.279. The average molecular weight is 217 g/mol. The Morgan fingerprint density at radius 2 is 1.88 bits per heavy atom. The third-order valence-electron chi connectivity index (χ3n) is 2.07. The molecule has 0 aromatic heterocycles. The Kier molecular flexibility index (Phi) is 4.45. The van der Waals surface area contributed by atoms with Crippen molar-refractivity contribution < 1.29 is 9.59 Å². The summed E-state index contributed by atoms with van der Waals surface area (Å²) in [5, 5.41) is 0. The van der Waals surface area contributed by atoms with Gasteiger partial charge in [0.25, 0.3) is 5.91 Å². The first kappa shape index (κ1) is 12.2. The third-order valence-corrected chi connectivity index (χ3v) is 2.07. The molecule has 0 saturated carbocycles. The highest BCUT2D eigenvalue weighted by Crippen LogP contribution is 2.06. The number of hydrogen-bond acceptors (Lipinski definition) is 2. The van der Waals surface area contributed by atoms with Crippen LogP contribution in [0.5, 0.6) is 0 Å². The summed E-state index contributed by atoms with van der Waals surface area (Å²) in [6.45, 7) is 3.32. The van der Waals surface area contributed by atoms with Crippen LogP contribution in [0.4, 0.5) is 0 Å². The highest BCUT2D eigenvalue weighted by atomic mass is 16.2. The molecule has 0 bridgehead atoms. The van der Waals surface area contributed by atoms with Crippen LogP contribution in [-0.2, 0) is 4.79 Å². The van der Waals surface area contributed by atoms with Gasteiger partial charge in [0.05, 0.1) is 0 Å². The predicted molar refractivity (Wildman–Crippen MR) is 62.7 cm³/mol. The molecule has 16 heavy (non-hydrogen) atoms. The fourth-order valence-corrected chi connectivity index (χ4v) is 1.25. The lowest BCUT2D eigenvalue weighted by Crippen LogP contribution is -2.30. The van der Waals surface area contributed by atoms with Gasteiger partial charge in [-0.2, -0.15) is 0 Å². The Bertz CT molecular complexity index is 396. The van der Waals surface area contributed by atoms with Gasteiger partial charge in [0, 0.05) is 18.7 Å². The van der Waals surface area contributed by atoms with Crippen LogP contribution in [0.2, 0.25) is 0 Å². The van der Waals surface area contributed by atoms with E-state index >= 15 is 0 Å². The molecular weight excluding hydrogens is 202 g/mol. The molecule has 2 amide bonds. The number of nitrogens with zero attached hydrogens (tertiary/aromatic N) is 1. The summed E-state index contributed by atoms with van der Waals surface area (Å²) >= 11 is 0. The van der Waals surface area contributed by atoms with Gasteiger partial charge in [0.1, 0.15) is 0 Å². The lowest BCUT2D eigenvalue weighted by Gasteiger charge is -2.14. The number of imide groups is 1. The largest absolute Gasteiger partial charge is 0.274 e. The van der Waals surface area contributed by atoms with E-state index in [1.165, 1.54) is 13.1 Å². The van der Waals surface area contributed by atoms with Gasteiger partial charge in [-0.3, -0.25) is 14.5 Å². The van der Waals surface area contributed by atoms with Gasteiger partial charge in [-0.25, -0.2) is 0 Å². The van der Waals surface area contributed by atoms with Crippen molar-refractivity contribution in [3.63, 3.8) is 0 Å². The molecule has 0 aliphatic carbocycles. The van der Waals surface area contributed by atoms with E-state index < -0.39 is 0 Å². The monoisotopic (exact) mass is 217 g/mol. The third kappa shape index (κ3) is 3.05. The molecule has 0 aliphatic heterocycles. The quantitative estimate of drug-likeness (QED) is 0.780. The smallest absolute Gasteiger partial charge is 0.264 e. The fraction of sp³-hybridized carbons (Fsp3) is 0.231. The summed E-state index contributed by atoms with van der Waals surface area (Å²) in [6.07, 6.45) is 4.09. The van der Waals surface area contributed by atoms with Crippen LogP contribution in [0, 0.1) is 0 Å². The fourth-order valence-electron chi connectivity index (χ4n) is 1.25. The molecule has 1 aromatic carbocycles. The molecule has 1 rings (SSSR count). The molecule has 0 aliphatic rings. The molecule has 0 spiro atoms. The Hall–Kier alpha value is -1.90. The second-order valence-corrected chi connectivity index (χ2v) is 3.35. The van der Waals surface area contributed by atoms with Crippen molar-refractivity contribution in [3.8, 4) is 0 Å². The number of benzene rings is 1. The molecule has 0 N–H and O–H groups in total. The molecule has 0 atom stereocenters. The van der Waals surface area contributed by atoms with E-state index in [0.29, 0.717) is 5.56 Å². The van der Waals surface area contributed by atoms with Gasteiger partial charge in [-0.1, -0.05) is 31.2 Å². The van der Waals surface area contributed by atoms with Gasteiger partial charge in [-0.15, -0.1) is 0 Å². The topological polar surface area (TPSA) is 37.4 Å². The van der Waals surface area contributed by atoms with Gasteiger partial charge in [-0.05, 0) is 18.6 Å². The minimum Gasteiger partial charge on any atom is -0.274 e. The van der Waals surface area contributed by atoms with Crippen LogP contribution in [0.1, 0.15) is 30.6 Å². The summed E-state index contributed by atoms with van der Waals surface area (Å²) < 4.78 is 0. The van der Waals surface area contributed by atoms with Crippen LogP contribution in [-0.4, -0.2) is 16.7 Å². The Labute approximate surface area is 95.4 Å². The van der Waals surface area contributed by atoms with Crippen molar-refractivity contribution >= 4 is 11.8 Å². The predicted octanol–water partition coefficient (Wildman–Crippen LogP) is 2.60. The Morgan fingerprint density at radius 1 is 1.25 bits per heavy atom. The molecule has 3 nitrogen and oxygen atoms in total. The second kappa shape index (κ2) is 5.85. The normalized spacial score (nSPS) is 10.4. The molecule has 0 unspecified atom stereocenters. The van der Waals surface area contributed by atoms with E-state index in [1.807, 2.05) is 13.0 Å². The SMILES string of the molecule is CC/C=C/N(C(C)=O)C(=O)c1ccccc1. The number of hydrogen-bond donors (Lipinski definition) is 0. The molecule has 0 fully saturated rings. The zero-order chi connectivity index (χ0) is 12.0. The van der Waals surface area contributed by atoms with Gasteiger partial charge in [0.15, 0.2) is 0 Å². The summed E-state index contributed by atoms with van der Waals surface area (Å²) in [4.78, 5) is 24.4. The summed E-state index contributed by atoms with van der Waals surface area (Å²) in [7, 11) is 0. The second-order valence-electron chi connectivity index (χ2n) is 3.35. The maximum atomic E-state index is 11.9. The van der Waals surface area contributed by atoms with E-state index in [-0.39, 0.29) is 11.8 Å². The van der Waals surface area contributed by atoms with E-state index in [2.05, 4.69) is 0 Å². The molecular formula is C13H15NO2. The van der Waals surface area contributed by atoms with Crippen molar-refractivity contribution in [1.82, 2.24) is 4.90 Å². The number of allylic oxidation sites excluding steroid dienone is 1. The summed E-state index contributed by atoms with van der Waals surface area (Å²) in [5.41, 5.74) is 0.512. The minimum atomic E-state index is -0.294. The van der Waals surface area contributed by atoms with Crippen LogP contribution in [0.3, 0.4) is 0 Å². The number of amides is 2. The Morgan fingerprint density at radius 3 is 2.38 bits per heavy atom. The molecule has 84 valence electrons. The maximum Gasteiger partial charge on any atom is 0.264 e. The van der Waals surface area contributed by atoms with Gasteiger partial charge in [0.2, 0.25) is 5.91 Å². The standard InChI is InChI=1S/C13H15NO2/c1-3-4-10-14(11(2)15)13(16)12-8-6-5-7-9-12/h4-10H,3H2,1-2H3/b10-4+. The average Bonchev–Trinajstić information content (AvgIpc) is 2.30.